The summed E-state index contributed by atoms with van der Waals surface area (Å²) in [6.07, 6.45) is 0.840. The number of nitrogens with zero attached hydrogens (tertiary/aromatic N) is 1. The molecule has 3 rings (SSSR count). The lowest BCUT2D eigenvalue weighted by atomic mass is 9.97. The second-order valence-electron chi connectivity index (χ2n) is 8.08. The maximum Gasteiger partial charge on any atom is 0.246 e. The standard InChI is InChI=1S/C23H29N3O4S/c1-16-4-8-20(9-5-16)25-22(27)18(3)24-23(28)19-12-14-26(15-13-19)31(29,30)21-10-6-17(2)7-11-21/h4-11,18-19H,12-15H2,1-3H3,(H,24,28)(H,25,27)/t18-/m1/s1. The number of carbonyl (C=O) groups is 2. The second kappa shape index (κ2) is 9.62. The van der Waals surface area contributed by atoms with Crippen LogP contribution in [0.3, 0.4) is 0 Å². The molecule has 1 aliphatic heterocycles. The first-order valence-corrected chi connectivity index (χ1v) is 11.9. The molecule has 0 aliphatic carbocycles. The molecule has 0 unspecified atom stereocenters. The predicted molar refractivity (Wildman–Crippen MR) is 120 cm³/mol. The summed E-state index contributed by atoms with van der Waals surface area (Å²) >= 11 is 0. The fraction of sp³-hybridized carbons (Fsp3) is 0.391. The maximum atomic E-state index is 12.8. The van der Waals surface area contributed by atoms with Gasteiger partial charge in [0.2, 0.25) is 21.8 Å². The number of nitrogens with one attached hydrogen (secondary N) is 2. The lowest BCUT2D eigenvalue weighted by Crippen LogP contribution is -2.47. The maximum absolute atomic E-state index is 12.8. The van der Waals surface area contributed by atoms with Crippen LogP contribution in [0.4, 0.5) is 5.69 Å². The van der Waals surface area contributed by atoms with Gasteiger partial charge in [0.05, 0.1) is 4.90 Å². The zero-order valence-electron chi connectivity index (χ0n) is 18.1. The third-order valence-electron chi connectivity index (χ3n) is 5.55. The summed E-state index contributed by atoms with van der Waals surface area (Å²) in [5, 5.41) is 5.54. The normalized spacial score (nSPS) is 16.5. The first kappa shape index (κ1) is 23.0. The number of carbonyl (C=O) groups excluding carboxylic acids is 2. The van der Waals surface area contributed by atoms with Crippen molar-refractivity contribution in [1.29, 1.82) is 0 Å². The topological polar surface area (TPSA) is 95.6 Å². The molecule has 0 radical (unpaired) electrons. The fourth-order valence-electron chi connectivity index (χ4n) is 3.50. The van der Waals surface area contributed by atoms with E-state index in [0.717, 1.165) is 11.1 Å². The van der Waals surface area contributed by atoms with Crippen LogP contribution in [0.25, 0.3) is 0 Å². The van der Waals surface area contributed by atoms with Gasteiger partial charge >= 0.3 is 0 Å². The van der Waals surface area contributed by atoms with Crippen LogP contribution in [0.15, 0.2) is 53.4 Å². The number of hydrogen-bond donors (Lipinski definition) is 2. The largest absolute Gasteiger partial charge is 0.344 e. The van der Waals surface area contributed by atoms with Gasteiger partial charge in [-0.1, -0.05) is 35.4 Å². The van der Waals surface area contributed by atoms with E-state index in [1.54, 1.807) is 31.2 Å². The number of anilines is 1. The van der Waals surface area contributed by atoms with Gasteiger partial charge in [0.25, 0.3) is 0 Å². The molecule has 2 amide bonds. The lowest BCUT2D eigenvalue weighted by Gasteiger charge is -2.31. The molecule has 7 nitrogen and oxygen atoms in total. The zero-order chi connectivity index (χ0) is 22.6. The molecule has 0 bridgehead atoms. The molecule has 1 fully saturated rings. The number of hydrogen-bond acceptors (Lipinski definition) is 4. The second-order valence-corrected chi connectivity index (χ2v) is 10.0. The predicted octanol–water partition coefficient (Wildman–Crippen LogP) is 2.85. The number of rotatable bonds is 6. The summed E-state index contributed by atoms with van der Waals surface area (Å²) in [6.45, 7) is 6.06. The lowest BCUT2D eigenvalue weighted by molar-refractivity contribution is -0.129. The Balaban J connectivity index is 1.52. The third kappa shape index (κ3) is 5.71. The molecule has 0 saturated carbocycles. The van der Waals surface area contributed by atoms with Gasteiger partial charge < -0.3 is 10.6 Å². The first-order valence-electron chi connectivity index (χ1n) is 10.4. The summed E-state index contributed by atoms with van der Waals surface area (Å²) in [5.41, 5.74) is 2.76. The molecule has 1 heterocycles. The van der Waals surface area contributed by atoms with Crippen LogP contribution < -0.4 is 10.6 Å². The molecule has 1 saturated heterocycles. The Hall–Kier alpha value is -2.71. The molecule has 166 valence electrons. The fourth-order valence-corrected chi connectivity index (χ4v) is 4.97. The smallest absolute Gasteiger partial charge is 0.246 e. The molecule has 2 aromatic carbocycles. The van der Waals surface area contributed by atoms with Gasteiger partial charge in [0, 0.05) is 24.7 Å². The monoisotopic (exact) mass is 443 g/mol. The summed E-state index contributed by atoms with van der Waals surface area (Å²) in [7, 11) is -3.56. The molecular formula is C23H29N3O4S. The summed E-state index contributed by atoms with van der Waals surface area (Å²) < 4.78 is 27.0. The number of piperidine rings is 1. The van der Waals surface area contributed by atoms with E-state index in [-0.39, 0.29) is 35.7 Å². The van der Waals surface area contributed by atoms with Gasteiger partial charge in [-0.2, -0.15) is 4.31 Å². The molecular weight excluding hydrogens is 414 g/mol. The van der Waals surface area contributed by atoms with Gasteiger partial charge in [-0.3, -0.25) is 9.59 Å². The van der Waals surface area contributed by atoms with Gasteiger partial charge in [0.15, 0.2) is 0 Å². The highest BCUT2D eigenvalue weighted by Gasteiger charge is 2.32. The number of benzene rings is 2. The number of aryl methyl sites for hydroxylation is 2. The van der Waals surface area contributed by atoms with Gasteiger partial charge in [-0.05, 0) is 57.9 Å². The van der Waals surface area contributed by atoms with E-state index in [1.165, 1.54) is 4.31 Å². The van der Waals surface area contributed by atoms with Crippen molar-refractivity contribution < 1.29 is 18.0 Å². The van der Waals surface area contributed by atoms with Crippen molar-refractivity contribution in [2.75, 3.05) is 18.4 Å². The van der Waals surface area contributed by atoms with Gasteiger partial charge in [-0.15, -0.1) is 0 Å². The van der Waals surface area contributed by atoms with E-state index in [2.05, 4.69) is 10.6 Å². The molecule has 2 N–H and O–H groups in total. The van der Waals surface area contributed by atoms with Gasteiger partial charge in [0.1, 0.15) is 6.04 Å². The molecule has 1 atom stereocenters. The van der Waals surface area contributed by atoms with Crippen molar-refractivity contribution in [1.82, 2.24) is 9.62 Å². The Morgan fingerprint density at radius 3 is 2.00 bits per heavy atom. The Morgan fingerprint density at radius 1 is 0.935 bits per heavy atom. The van der Waals surface area contributed by atoms with E-state index in [9.17, 15) is 18.0 Å². The van der Waals surface area contributed by atoms with Crippen molar-refractivity contribution in [2.24, 2.45) is 5.92 Å². The van der Waals surface area contributed by atoms with Crippen molar-refractivity contribution >= 4 is 27.5 Å². The highest BCUT2D eigenvalue weighted by Crippen LogP contribution is 2.24. The van der Waals surface area contributed by atoms with Crippen molar-refractivity contribution in [2.45, 2.75) is 44.6 Å². The summed E-state index contributed by atoms with van der Waals surface area (Å²) in [5.74, 6) is -0.838. The van der Waals surface area contributed by atoms with E-state index < -0.39 is 16.1 Å². The van der Waals surface area contributed by atoms with Crippen LogP contribution in [0, 0.1) is 19.8 Å². The minimum Gasteiger partial charge on any atom is -0.344 e. The van der Waals surface area contributed by atoms with Crippen LogP contribution in [-0.4, -0.2) is 43.7 Å². The average molecular weight is 444 g/mol. The zero-order valence-corrected chi connectivity index (χ0v) is 18.9. The molecule has 2 aromatic rings. The highest BCUT2D eigenvalue weighted by atomic mass is 32.2. The Morgan fingerprint density at radius 2 is 1.45 bits per heavy atom. The summed E-state index contributed by atoms with van der Waals surface area (Å²) in [4.78, 5) is 25.2. The first-order chi connectivity index (χ1) is 14.7. The molecule has 0 aromatic heterocycles. The molecule has 0 spiro atoms. The van der Waals surface area contributed by atoms with E-state index in [4.69, 9.17) is 0 Å². The Bertz CT molecular complexity index is 1030. The van der Waals surface area contributed by atoms with E-state index >= 15 is 0 Å². The van der Waals surface area contributed by atoms with Crippen LogP contribution in [0.5, 0.6) is 0 Å². The molecule has 8 heteroatoms. The van der Waals surface area contributed by atoms with Crippen LogP contribution in [0.1, 0.15) is 30.9 Å². The quantitative estimate of drug-likeness (QED) is 0.718. The molecule has 1 aliphatic rings. The minimum atomic E-state index is -3.56. The minimum absolute atomic E-state index is 0.223. The highest BCUT2D eigenvalue weighted by molar-refractivity contribution is 7.89. The number of amides is 2. The van der Waals surface area contributed by atoms with Gasteiger partial charge in [-0.25, -0.2) is 8.42 Å². The van der Waals surface area contributed by atoms with Crippen LogP contribution in [0.2, 0.25) is 0 Å². The van der Waals surface area contributed by atoms with Crippen molar-refractivity contribution in [3.63, 3.8) is 0 Å². The molecule has 31 heavy (non-hydrogen) atoms. The van der Waals surface area contributed by atoms with Crippen LogP contribution in [-0.2, 0) is 19.6 Å². The number of sulfonamides is 1. The van der Waals surface area contributed by atoms with E-state index in [1.807, 2.05) is 38.1 Å². The third-order valence-corrected chi connectivity index (χ3v) is 7.47. The van der Waals surface area contributed by atoms with Crippen molar-refractivity contribution in [3.05, 3.63) is 59.7 Å². The average Bonchev–Trinajstić information content (AvgIpc) is 2.75. The van der Waals surface area contributed by atoms with Crippen molar-refractivity contribution in [3.8, 4) is 0 Å². The Kier molecular flexibility index (Phi) is 7.12. The van der Waals surface area contributed by atoms with E-state index in [0.29, 0.717) is 18.5 Å². The summed E-state index contributed by atoms with van der Waals surface area (Å²) in [6, 6.07) is 13.5. The van der Waals surface area contributed by atoms with Crippen LogP contribution >= 0.6 is 0 Å². The SMILES string of the molecule is Cc1ccc(NC(=O)[C@@H](C)NC(=O)C2CCN(S(=O)(=O)c3ccc(C)cc3)CC2)cc1. The Labute approximate surface area is 183 Å².